The average Bonchev–Trinajstić information content (AvgIpc) is 3.20. The molecule has 0 fully saturated rings. The maximum Gasteiger partial charge on any atom is 0.277 e. The van der Waals surface area contributed by atoms with Gasteiger partial charge in [0.2, 0.25) is 11.5 Å². The van der Waals surface area contributed by atoms with Crippen molar-refractivity contribution < 1.29 is 18.9 Å². The van der Waals surface area contributed by atoms with Crippen LogP contribution in [0.3, 0.4) is 0 Å². The number of halogens is 3. The van der Waals surface area contributed by atoms with E-state index in [4.69, 9.17) is 38.4 Å². The fourth-order valence-corrected chi connectivity index (χ4v) is 3.24. The van der Waals surface area contributed by atoms with E-state index in [2.05, 4.69) is 25.6 Å². The van der Waals surface area contributed by atoms with Crippen molar-refractivity contribution in [2.24, 2.45) is 0 Å². The fourth-order valence-electron chi connectivity index (χ4n) is 2.78. The van der Waals surface area contributed by atoms with Gasteiger partial charge in [-0.15, -0.1) is 12.4 Å². The number of carbonyl (C=O) groups is 1. The van der Waals surface area contributed by atoms with Crippen LogP contribution >= 0.6 is 35.6 Å². The van der Waals surface area contributed by atoms with Crippen LogP contribution in [0.2, 0.25) is 10.0 Å². The zero-order valence-electron chi connectivity index (χ0n) is 17.8. The van der Waals surface area contributed by atoms with E-state index >= 15 is 0 Å². The summed E-state index contributed by atoms with van der Waals surface area (Å²) in [4.78, 5) is 11.9. The maximum absolute atomic E-state index is 11.9. The van der Waals surface area contributed by atoms with Crippen LogP contribution < -0.4 is 25.8 Å². The lowest BCUT2D eigenvalue weighted by Gasteiger charge is -2.14. The molecule has 0 saturated carbocycles. The van der Waals surface area contributed by atoms with Crippen molar-refractivity contribution in [2.75, 3.05) is 25.4 Å². The van der Waals surface area contributed by atoms with Gasteiger partial charge in [-0.3, -0.25) is 4.79 Å². The topological polar surface area (TPSA) is 125 Å². The largest absolute Gasteiger partial charge is 0.490 e. The number of nitrogens with two attached hydrogens (primary N) is 1. The number of rotatable bonds is 11. The summed E-state index contributed by atoms with van der Waals surface area (Å²) in [5.74, 6) is 0.776. The van der Waals surface area contributed by atoms with Gasteiger partial charge in [-0.25, -0.2) is 4.63 Å². The quantitative estimate of drug-likeness (QED) is 0.328. The lowest BCUT2D eigenvalue weighted by molar-refractivity contribution is 0.0944. The first-order chi connectivity index (χ1) is 15.5. The van der Waals surface area contributed by atoms with E-state index in [0.717, 1.165) is 11.1 Å². The molecule has 1 amide bonds. The number of anilines is 1. The molecule has 0 spiro atoms. The predicted octanol–water partition coefficient (Wildman–Crippen LogP) is 3.88. The Hall–Kier alpha value is -2.72. The number of ether oxygens (including phenoxy) is 2. The van der Waals surface area contributed by atoms with Crippen LogP contribution in [-0.4, -0.2) is 35.9 Å². The highest BCUT2D eigenvalue weighted by Crippen LogP contribution is 2.30. The molecule has 1 heterocycles. The Kier molecular flexibility index (Phi) is 10.5. The smallest absolute Gasteiger partial charge is 0.277 e. The second-order valence-corrected chi connectivity index (χ2v) is 7.51. The Bertz CT molecular complexity index is 1060. The van der Waals surface area contributed by atoms with Gasteiger partial charge in [-0.05, 0) is 47.1 Å². The minimum atomic E-state index is -0.438. The van der Waals surface area contributed by atoms with Gasteiger partial charge in [0, 0.05) is 35.2 Å². The van der Waals surface area contributed by atoms with Gasteiger partial charge in [-0.2, -0.15) is 0 Å². The molecule has 0 saturated heterocycles. The highest BCUT2D eigenvalue weighted by molar-refractivity contribution is 6.35. The highest BCUT2D eigenvalue weighted by atomic mass is 35.5. The zero-order valence-corrected chi connectivity index (χ0v) is 20.1. The minimum absolute atomic E-state index is 0. The third-order valence-corrected chi connectivity index (χ3v) is 4.94. The number of carbonyl (C=O) groups excluding carboxylic acids is 1. The van der Waals surface area contributed by atoms with Gasteiger partial charge in [0.1, 0.15) is 6.61 Å². The van der Waals surface area contributed by atoms with Crippen molar-refractivity contribution in [3.63, 3.8) is 0 Å². The van der Waals surface area contributed by atoms with Crippen LogP contribution in [0.25, 0.3) is 0 Å². The minimum Gasteiger partial charge on any atom is -0.490 e. The summed E-state index contributed by atoms with van der Waals surface area (Å²) < 4.78 is 16.1. The molecule has 4 N–H and O–H groups in total. The van der Waals surface area contributed by atoms with E-state index < -0.39 is 5.91 Å². The van der Waals surface area contributed by atoms with Gasteiger partial charge in [0.25, 0.3) is 5.91 Å². The summed E-state index contributed by atoms with van der Waals surface area (Å²) in [6.45, 7) is 4.19. The molecule has 3 rings (SSSR count). The van der Waals surface area contributed by atoms with Gasteiger partial charge in [0.15, 0.2) is 11.5 Å². The number of aromatic nitrogens is 2. The average molecular weight is 517 g/mol. The SMILES string of the molecule is CCOc1cc(CNCCNC(=O)c2nonc2N)ccc1OCc1ccc(Cl)cc1Cl.Cl. The fraction of sp³-hybridized carbons (Fsp3) is 0.286. The number of hydrogen-bond donors (Lipinski definition) is 3. The maximum atomic E-state index is 11.9. The Labute approximate surface area is 207 Å². The molecule has 9 nitrogen and oxygen atoms in total. The molecule has 33 heavy (non-hydrogen) atoms. The van der Waals surface area contributed by atoms with Crippen LogP contribution in [0.15, 0.2) is 41.0 Å². The van der Waals surface area contributed by atoms with Crippen molar-refractivity contribution in [1.29, 1.82) is 0 Å². The number of hydrogen-bond acceptors (Lipinski definition) is 8. The molecule has 0 aliphatic carbocycles. The summed E-state index contributed by atoms with van der Waals surface area (Å²) in [6, 6.07) is 11.0. The second kappa shape index (κ2) is 13.1. The Balaban J connectivity index is 0.00000385. The molecule has 1 aromatic heterocycles. The van der Waals surface area contributed by atoms with E-state index in [1.165, 1.54) is 0 Å². The van der Waals surface area contributed by atoms with Crippen LogP contribution in [0.5, 0.6) is 11.5 Å². The summed E-state index contributed by atoms with van der Waals surface area (Å²) in [5, 5.41) is 13.9. The number of amides is 1. The second-order valence-electron chi connectivity index (χ2n) is 6.67. The molecule has 178 valence electrons. The first-order valence-electron chi connectivity index (χ1n) is 9.87. The van der Waals surface area contributed by atoms with E-state index in [1.807, 2.05) is 31.2 Å². The predicted molar refractivity (Wildman–Crippen MR) is 128 cm³/mol. The van der Waals surface area contributed by atoms with E-state index in [0.29, 0.717) is 54.4 Å². The van der Waals surface area contributed by atoms with Crippen molar-refractivity contribution in [2.45, 2.75) is 20.1 Å². The molecule has 0 aliphatic rings. The molecule has 0 aliphatic heterocycles. The summed E-state index contributed by atoms with van der Waals surface area (Å²) in [7, 11) is 0. The van der Waals surface area contributed by atoms with Crippen LogP contribution in [-0.2, 0) is 13.2 Å². The zero-order chi connectivity index (χ0) is 22.9. The lowest BCUT2D eigenvalue weighted by atomic mass is 10.2. The van der Waals surface area contributed by atoms with Crippen molar-refractivity contribution in [3.05, 3.63) is 63.3 Å². The molecular formula is C21H24Cl3N5O4. The van der Waals surface area contributed by atoms with Gasteiger partial charge < -0.3 is 25.8 Å². The lowest BCUT2D eigenvalue weighted by Crippen LogP contribution is -2.32. The van der Waals surface area contributed by atoms with Gasteiger partial charge in [0.05, 0.1) is 6.61 Å². The Morgan fingerprint density at radius 2 is 1.91 bits per heavy atom. The Morgan fingerprint density at radius 1 is 1.09 bits per heavy atom. The van der Waals surface area contributed by atoms with Gasteiger partial charge in [-0.1, -0.05) is 35.3 Å². The van der Waals surface area contributed by atoms with Crippen LogP contribution in [0, 0.1) is 0 Å². The van der Waals surface area contributed by atoms with E-state index in [9.17, 15) is 4.79 Å². The van der Waals surface area contributed by atoms with E-state index in [-0.39, 0.29) is 23.9 Å². The monoisotopic (exact) mass is 515 g/mol. The van der Waals surface area contributed by atoms with Crippen LogP contribution in [0.1, 0.15) is 28.5 Å². The third kappa shape index (κ3) is 7.68. The Morgan fingerprint density at radius 3 is 2.61 bits per heavy atom. The first kappa shape index (κ1) is 26.5. The van der Waals surface area contributed by atoms with Crippen molar-refractivity contribution in [1.82, 2.24) is 20.9 Å². The summed E-state index contributed by atoms with van der Waals surface area (Å²) in [5.41, 5.74) is 7.29. The number of nitrogens with zero attached hydrogens (tertiary/aromatic N) is 2. The normalized spacial score (nSPS) is 10.4. The molecule has 0 radical (unpaired) electrons. The van der Waals surface area contributed by atoms with Gasteiger partial charge >= 0.3 is 0 Å². The molecule has 2 aromatic carbocycles. The number of benzene rings is 2. The molecule has 0 atom stereocenters. The first-order valence-corrected chi connectivity index (χ1v) is 10.6. The number of nitrogen functional groups attached to an aromatic ring is 1. The molecule has 3 aromatic rings. The standard InChI is InChI=1S/C21H23Cl2N5O4.ClH/c1-2-30-18-9-13(11-25-7-8-26-21(29)19-20(24)28-32-27-19)3-6-17(18)31-12-14-4-5-15(22)10-16(14)23;/h3-6,9-10,25H,2,7-8,11-12H2,1H3,(H2,24,28)(H,26,29);1H. The summed E-state index contributed by atoms with van der Waals surface area (Å²) in [6.07, 6.45) is 0. The molecule has 12 heteroatoms. The third-order valence-electron chi connectivity index (χ3n) is 4.35. The molecule has 0 bridgehead atoms. The summed E-state index contributed by atoms with van der Waals surface area (Å²) >= 11 is 12.2. The molecule has 0 unspecified atom stereocenters. The number of nitrogens with one attached hydrogen (secondary N) is 2. The van der Waals surface area contributed by atoms with Crippen molar-refractivity contribution in [3.8, 4) is 11.5 Å². The van der Waals surface area contributed by atoms with Crippen molar-refractivity contribution >= 4 is 47.3 Å². The highest BCUT2D eigenvalue weighted by Gasteiger charge is 2.15. The molecular weight excluding hydrogens is 493 g/mol. The van der Waals surface area contributed by atoms with E-state index in [1.54, 1.807) is 12.1 Å². The van der Waals surface area contributed by atoms with Crippen LogP contribution in [0.4, 0.5) is 5.82 Å².